The highest BCUT2D eigenvalue weighted by Gasteiger charge is 2.16. The van der Waals surface area contributed by atoms with Gasteiger partial charge in [-0.25, -0.2) is 4.39 Å². The third-order valence-electron chi connectivity index (χ3n) is 3.39. The van der Waals surface area contributed by atoms with Crippen molar-refractivity contribution in [2.45, 2.75) is 26.8 Å². The lowest BCUT2D eigenvalue weighted by Gasteiger charge is -2.23. The largest absolute Gasteiger partial charge is 0.308 e. The van der Waals surface area contributed by atoms with Crippen LogP contribution in [0, 0.1) is 24.1 Å². The number of rotatable bonds is 4. The molecular formula is C18H17FN2O. The predicted molar refractivity (Wildman–Crippen MR) is 83.8 cm³/mol. The Hall–Kier alpha value is -2.67. The van der Waals surface area contributed by atoms with E-state index >= 15 is 0 Å². The summed E-state index contributed by atoms with van der Waals surface area (Å²) in [4.78, 5) is 13.7. The zero-order valence-corrected chi connectivity index (χ0v) is 12.6. The average Bonchev–Trinajstić information content (AvgIpc) is 2.52. The molecule has 0 heterocycles. The molecule has 0 atom stereocenters. The van der Waals surface area contributed by atoms with E-state index in [1.54, 1.807) is 6.92 Å². The predicted octanol–water partition coefficient (Wildman–Crippen LogP) is 3.95. The molecule has 22 heavy (non-hydrogen) atoms. The number of hydrogen-bond donors (Lipinski definition) is 0. The second kappa shape index (κ2) is 6.86. The van der Waals surface area contributed by atoms with Gasteiger partial charge in [0.05, 0.1) is 18.2 Å². The first-order valence-corrected chi connectivity index (χ1v) is 7.10. The van der Waals surface area contributed by atoms with Crippen molar-refractivity contribution < 1.29 is 9.18 Å². The minimum Gasteiger partial charge on any atom is -0.308 e. The monoisotopic (exact) mass is 296 g/mol. The molecular weight excluding hydrogens is 279 g/mol. The molecule has 1 amide bonds. The van der Waals surface area contributed by atoms with Crippen LogP contribution in [0.5, 0.6) is 0 Å². The summed E-state index contributed by atoms with van der Waals surface area (Å²) >= 11 is 0. The Kier molecular flexibility index (Phi) is 4.90. The number of benzene rings is 2. The molecule has 0 bridgehead atoms. The Morgan fingerprint density at radius 3 is 2.50 bits per heavy atom. The summed E-state index contributed by atoms with van der Waals surface area (Å²) in [5.74, 6) is -0.637. The molecule has 0 unspecified atom stereocenters. The summed E-state index contributed by atoms with van der Waals surface area (Å²) in [7, 11) is 0. The molecule has 0 aliphatic carbocycles. The van der Waals surface area contributed by atoms with Gasteiger partial charge in [0.15, 0.2) is 0 Å². The summed E-state index contributed by atoms with van der Waals surface area (Å²) < 4.78 is 13.6. The molecule has 0 N–H and O–H groups in total. The van der Waals surface area contributed by atoms with Crippen molar-refractivity contribution in [1.29, 1.82) is 5.26 Å². The van der Waals surface area contributed by atoms with Crippen LogP contribution in [0.2, 0.25) is 0 Å². The van der Waals surface area contributed by atoms with E-state index in [1.807, 2.05) is 37.3 Å². The first kappa shape index (κ1) is 15.7. The molecule has 0 radical (unpaired) electrons. The molecule has 0 spiro atoms. The lowest BCUT2D eigenvalue weighted by molar-refractivity contribution is -0.118. The summed E-state index contributed by atoms with van der Waals surface area (Å²) in [5.41, 5.74) is 2.70. The van der Waals surface area contributed by atoms with Crippen LogP contribution in [-0.4, -0.2) is 5.91 Å². The number of hydrogen-bond acceptors (Lipinski definition) is 2. The first-order chi connectivity index (χ1) is 10.5. The highest BCUT2D eigenvalue weighted by Crippen LogP contribution is 2.22. The van der Waals surface area contributed by atoms with Gasteiger partial charge in [0, 0.05) is 12.1 Å². The normalized spacial score (nSPS) is 10.1. The highest BCUT2D eigenvalue weighted by atomic mass is 19.1. The lowest BCUT2D eigenvalue weighted by atomic mass is 10.1. The minimum absolute atomic E-state index is 0.116. The van der Waals surface area contributed by atoms with E-state index < -0.39 is 5.82 Å². The molecule has 2 aromatic rings. The SMILES string of the molecule is CCC(=O)N(Cc1ccc(C)cc1)c1cc(F)cc(C#N)c1. The summed E-state index contributed by atoms with van der Waals surface area (Å²) in [6, 6.07) is 13.7. The average molecular weight is 296 g/mol. The second-order valence-electron chi connectivity index (χ2n) is 5.13. The molecule has 0 fully saturated rings. The molecule has 2 aromatic carbocycles. The Morgan fingerprint density at radius 1 is 1.23 bits per heavy atom. The number of nitriles is 1. The van der Waals surface area contributed by atoms with Gasteiger partial charge in [-0.2, -0.15) is 5.26 Å². The van der Waals surface area contributed by atoms with Gasteiger partial charge in [0.1, 0.15) is 5.82 Å². The summed E-state index contributed by atoms with van der Waals surface area (Å²) in [6.07, 6.45) is 0.310. The molecule has 2 rings (SSSR count). The van der Waals surface area contributed by atoms with Crippen LogP contribution in [0.3, 0.4) is 0 Å². The summed E-state index contributed by atoms with van der Waals surface area (Å²) in [6.45, 7) is 4.10. The van der Waals surface area contributed by atoms with Crippen molar-refractivity contribution in [3.8, 4) is 6.07 Å². The highest BCUT2D eigenvalue weighted by molar-refractivity contribution is 5.93. The Balaban J connectivity index is 2.38. The Morgan fingerprint density at radius 2 is 1.91 bits per heavy atom. The Bertz CT molecular complexity index is 717. The fourth-order valence-electron chi connectivity index (χ4n) is 2.18. The van der Waals surface area contributed by atoms with E-state index in [4.69, 9.17) is 5.26 Å². The van der Waals surface area contributed by atoms with Gasteiger partial charge in [-0.1, -0.05) is 36.8 Å². The molecule has 0 aliphatic heterocycles. The fourth-order valence-corrected chi connectivity index (χ4v) is 2.18. The van der Waals surface area contributed by atoms with Gasteiger partial charge in [-0.05, 0) is 30.7 Å². The van der Waals surface area contributed by atoms with Gasteiger partial charge < -0.3 is 4.90 Å². The van der Waals surface area contributed by atoms with E-state index in [-0.39, 0.29) is 11.5 Å². The van der Waals surface area contributed by atoms with E-state index in [0.29, 0.717) is 18.7 Å². The van der Waals surface area contributed by atoms with Crippen LogP contribution in [0.4, 0.5) is 10.1 Å². The smallest absolute Gasteiger partial charge is 0.227 e. The van der Waals surface area contributed by atoms with Crippen LogP contribution < -0.4 is 4.90 Å². The van der Waals surface area contributed by atoms with Crippen LogP contribution in [0.15, 0.2) is 42.5 Å². The number of aryl methyl sites for hydroxylation is 1. The third-order valence-corrected chi connectivity index (χ3v) is 3.39. The topological polar surface area (TPSA) is 44.1 Å². The van der Waals surface area contributed by atoms with E-state index in [9.17, 15) is 9.18 Å². The first-order valence-electron chi connectivity index (χ1n) is 7.10. The molecule has 0 saturated heterocycles. The maximum Gasteiger partial charge on any atom is 0.227 e. The van der Waals surface area contributed by atoms with Crippen molar-refractivity contribution in [3.63, 3.8) is 0 Å². The van der Waals surface area contributed by atoms with Gasteiger partial charge in [0.2, 0.25) is 5.91 Å². The molecule has 0 aliphatic rings. The number of nitrogens with zero attached hydrogens (tertiary/aromatic N) is 2. The Labute approximate surface area is 129 Å². The third kappa shape index (κ3) is 3.70. The van der Waals surface area contributed by atoms with Crippen LogP contribution in [0.25, 0.3) is 0 Å². The molecule has 4 heteroatoms. The van der Waals surface area contributed by atoms with E-state index in [1.165, 1.54) is 17.0 Å². The maximum atomic E-state index is 13.6. The van der Waals surface area contributed by atoms with E-state index in [0.717, 1.165) is 17.2 Å². The zero-order valence-electron chi connectivity index (χ0n) is 12.6. The van der Waals surface area contributed by atoms with Crippen LogP contribution in [-0.2, 0) is 11.3 Å². The molecule has 112 valence electrons. The molecule has 0 saturated carbocycles. The van der Waals surface area contributed by atoms with Crippen molar-refractivity contribution in [2.24, 2.45) is 0 Å². The van der Waals surface area contributed by atoms with Crippen molar-refractivity contribution in [1.82, 2.24) is 0 Å². The minimum atomic E-state index is -0.521. The zero-order chi connectivity index (χ0) is 16.1. The quantitative estimate of drug-likeness (QED) is 0.857. The second-order valence-corrected chi connectivity index (χ2v) is 5.13. The van der Waals surface area contributed by atoms with Gasteiger partial charge >= 0.3 is 0 Å². The number of carbonyl (C=O) groups is 1. The van der Waals surface area contributed by atoms with Gasteiger partial charge in [0.25, 0.3) is 0 Å². The molecule has 3 nitrogen and oxygen atoms in total. The standard InChI is InChI=1S/C18H17FN2O/c1-3-18(22)21(12-14-6-4-13(2)5-7-14)17-9-15(11-20)8-16(19)10-17/h4-10H,3,12H2,1-2H3. The fraction of sp³-hybridized carbons (Fsp3) is 0.222. The van der Waals surface area contributed by atoms with Crippen molar-refractivity contribution >= 4 is 11.6 Å². The van der Waals surface area contributed by atoms with Crippen molar-refractivity contribution in [2.75, 3.05) is 4.90 Å². The van der Waals surface area contributed by atoms with Gasteiger partial charge in [-0.3, -0.25) is 4.79 Å². The van der Waals surface area contributed by atoms with Gasteiger partial charge in [-0.15, -0.1) is 0 Å². The summed E-state index contributed by atoms with van der Waals surface area (Å²) in [5, 5.41) is 8.96. The maximum absolute atomic E-state index is 13.6. The lowest BCUT2D eigenvalue weighted by Crippen LogP contribution is -2.29. The number of amides is 1. The number of halogens is 1. The van der Waals surface area contributed by atoms with Crippen molar-refractivity contribution in [3.05, 3.63) is 65.0 Å². The van der Waals surface area contributed by atoms with Crippen LogP contribution in [0.1, 0.15) is 30.0 Å². The van der Waals surface area contributed by atoms with E-state index in [2.05, 4.69) is 0 Å². The number of carbonyl (C=O) groups excluding carboxylic acids is 1. The molecule has 0 aromatic heterocycles. The number of anilines is 1. The van der Waals surface area contributed by atoms with Crippen LogP contribution >= 0.6 is 0 Å².